The molecule has 4 heterocycles. The minimum atomic E-state index is -1.87. The molecule has 0 amide bonds. The summed E-state index contributed by atoms with van der Waals surface area (Å²) in [4.78, 5) is 6.61. The first kappa shape index (κ1) is 28.9. The predicted octanol–water partition coefficient (Wildman–Crippen LogP) is 5.36. The summed E-state index contributed by atoms with van der Waals surface area (Å²) in [5.41, 5.74) is -0.431. The lowest BCUT2D eigenvalue weighted by atomic mass is 9.80. The van der Waals surface area contributed by atoms with Crippen LogP contribution in [0.4, 0.5) is 0 Å². The second-order valence-corrected chi connectivity index (χ2v) is 19.6. The summed E-state index contributed by atoms with van der Waals surface area (Å²) in [6.07, 6.45) is 0.236. The van der Waals surface area contributed by atoms with E-state index in [9.17, 15) is 0 Å². The van der Waals surface area contributed by atoms with Gasteiger partial charge in [-0.05, 0) is 86.4 Å². The van der Waals surface area contributed by atoms with Crippen LogP contribution < -0.4 is 0 Å². The van der Waals surface area contributed by atoms with Crippen molar-refractivity contribution in [3.8, 4) is 0 Å². The van der Waals surface area contributed by atoms with Gasteiger partial charge in [-0.15, -0.1) is 0 Å². The second kappa shape index (κ2) is 8.96. The molecule has 4 aliphatic heterocycles. The Morgan fingerprint density at radius 3 is 1.83 bits per heavy atom. The van der Waals surface area contributed by atoms with Gasteiger partial charge in [0.05, 0.1) is 6.61 Å². The molecule has 0 aromatic carbocycles. The summed E-state index contributed by atoms with van der Waals surface area (Å²) in [6, 6.07) is 0. The van der Waals surface area contributed by atoms with Crippen LogP contribution in [-0.4, -0.2) is 79.4 Å². The van der Waals surface area contributed by atoms with Crippen molar-refractivity contribution in [2.24, 2.45) is 0 Å². The number of rotatable bonds is 5. The van der Waals surface area contributed by atoms with Crippen LogP contribution in [0, 0.1) is 0 Å². The number of ether oxygens (including phenoxy) is 5. The Bertz CT molecular complexity index is 803. The molecule has 4 saturated heterocycles. The standard InChI is InChI=1S/C27H51NO7Si/c1-23(2,3)36(12,13)35-17-14-24(4,5)28(25(6,7)15-17)29-16-18-19-20(32-26(8,9)31-19)21-22(30-18)34-27(10,11)33-21/h17-22H,14-16H2,1-13H3/t18-,19+,20+,21-,22-/m1/s1. The van der Waals surface area contributed by atoms with Crippen molar-refractivity contribution >= 4 is 8.32 Å². The molecule has 0 unspecified atom stereocenters. The van der Waals surface area contributed by atoms with Gasteiger partial charge in [0.25, 0.3) is 0 Å². The Morgan fingerprint density at radius 2 is 1.28 bits per heavy atom. The molecule has 0 aromatic heterocycles. The lowest BCUT2D eigenvalue weighted by molar-refractivity contribution is -0.320. The van der Waals surface area contributed by atoms with Crippen LogP contribution in [0.5, 0.6) is 0 Å². The molecular weight excluding hydrogens is 478 g/mol. The molecule has 0 aromatic rings. The van der Waals surface area contributed by atoms with Gasteiger partial charge in [0.1, 0.15) is 24.4 Å². The summed E-state index contributed by atoms with van der Waals surface area (Å²) in [6.45, 7) is 28.5. The number of hydrogen-bond acceptors (Lipinski definition) is 8. The fourth-order valence-corrected chi connectivity index (χ4v) is 7.53. The van der Waals surface area contributed by atoms with E-state index >= 15 is 0 Å². The van der Waals surface area contributed by atoms with Crippen molar-refractivity contribution in [1.29, 1.82) is 0 Å². The molecule has 0 saturated carbocycles. The van der Waals surface area contributed by atoms with Crippen LogP contribution in [-0.2, 0) is 32.9 Å². The van der Waals surface area contributed by atoms with Crippen LogP contribution in [0.25, 0.3) is 0 Å². The Labute approximate surface area is 219 Å². The van der Waals surface area contributed by atoms with Gasteiger partial charge < -0.3 is 28.1 Å². The zero-order valence-corrected chi connectivity index (χ0v) is 25.9. The summed E-state index contributed by atoms with van der Waals surface area (Å²) < 4.78 is 38.0. The summed E-state index contributed by atoms with van der Waals surface area (Å²) in [7, 11) is -1.87. The van der Waals surface area contributed by atoms with Gasteiger partial charge >= 0.3 is 0 Å². The van der Waals surface area contributed by atoms with Crippen LogP contribution >= 0.6 is 0 Å². The van der Waals surface area contributed by atoms with Crippen molar-refractivity contribution in [2.75, 3.05) is 6.61 Å². The van der Waals surface area contributed by atoms with Crippen LogP contribution in [0.1, 0.15) is 89.0 Å². The third-order valence-corrected chi connectivity index (χ3v) is 13.0. The van der Waals surface area contributed by atoms with Gasteiger partial charge in [-0.3, -0.25) is 4.84 Å². The van der Waals surface area contributed by atoms with E-state index in [2.05, 4.69) is 66.6 Å². The van der Waals surface area contributed by atoms with Gasteiger partial charge in [-0.2, -0.15) is 5.06 Å². The van der Waals surface area contributed by atoms with Gasteiger partial charge in [-0.1, -0.05) is 20.8 Å². The van der Waals surface area contributed by atoms with E-state index in [0.717, 1.165) is 12.8 Å². The van der Waals surface area contributed by atoms with E-state index < -0.39 is 26.2 Å². The Kier molecular flexibility index (Phi) is 7.19. The van der Waals surface area contributed by atoms with Crippen LogP contribution in [0.2, 0.25) is 18.1 Å². The largest absolute Gasteiger partial charge is 0.414 e. The average molecular weight is 530 g/mol. The highest BCUT2D eigenvalue weighted by Gasteiger charge is 2.61. The first-order chi connectivity index (χ1) is 16.1. The Morgan fingerprint density at radius 1 is 0.778 bits per heavy atom. The summed E-state index contributed by atoms with van der Waals surface area (Å²) in [5.74, 6) is -1.46. The molecule has 0 aliphatic carbocycles. The first-order valence-electron chi connectivity index (χ1n) is 13.6. The zero-order valence-electron chi connectivity index (χ0n) is 24.9. The predicted molar refractivity (Wildman–Crippen MR) is 140 cm³/mol. The minimum absolute atomic E-state index is 0.180. The number of fused-ring (bicyclic) bond motifs is 3. The maximum atomic E-state index is 6.87. The van der Waals surface area contributed by atoms with Crippen LogP contribution in [0.3, 0.4) is 0 Å². The van der Waals surface area contributed by atoms with Crippen LogP contribution in [0.15, 0.2) is 0 Å². The molecule has 8 nitrogen and oxygen atoms in total. The molecule has 0 N–H and O–H groups in total. The fourth-order valence-electron chi connectivity index (χ4n) is 6.17. The highest BCUT2D eigenvalue weighted by Crippen LogP contribution is 2.46. The van der Waals surface area contributed by atoms with E-state index in [1.165, 1.54) is 0 Å². The van der Waals surface area contributed by atoms with Crippen molar-refractivity contribution < 1.29 is 32.9 Å². The summed E-state index contributed by atoms with van der Waals surface area (Å²) in [5, 5.41) is 2.34. The number of nitrogens with zero attached hydrogens (tertiary/aromatic N) is 1. The van der Waals surface area contributed by atoms with E-state index in [4.69, 9.17) is 32.9 Å². The topological polar surface area (TPSA) is 67.9 Å². The number of hydrogen-bond donors (Lipinski definition) is 0. The normalized spacial score (nSPS) is 38.1. The minimum Gasteiger partial charge on any atom is -0.414 e. The molecule has 36 heavy (non-hydrogen) atoms. The molecule has 0 bridgehead atoms. The third-order valence-electron chi connectivity index (χ3n) is 8.44. The van der Waals surface area contributed by atoms with Crippen molar-refractivity contribution in [1.82, 2.24) is 5.06 Å². The van der Waals surface area contributed by atoms with E-state index in [0.29, 0.717) is 6.61 Å². The van der Waals surface area contributed by atoms with E-state index in [1.54, 1.807) is 0 Å². The lowest BCUT2D eigenvalue weighted by Crippen LogP contribution is -2.64. The van der Waals surface area contributed by atoms with Gasteiger partial charge in [0.15, 0.2) is 26.2 Å². The molecule has 210 valence electrons. The molecule has 4 rings (SSSR count). The van der Waals surface area contributed by atoms with Crippen molar-refractivity contribution in [2.45, 2.75) is 167 Å². The molecule has 4 aliphatic rings. The van der Waals surface area contributed by atoms with E-state index in [1.807, 2.05) is 27.7 Å². The zero-order chi connectivity index (χ0) is 27.1. The Hall–Kier alpha value is -0.103. The van der Waals surface area contributed by atoms with Gasteiger partial charge in [0.2, 0.25) is 0 Å². The van der Waals surface area contributed by atoms with Crippen molar-refractivity contribution in [3.63, 3.8) is 0 Å². The molecule has 0 spiro atoms. The second-order valence-electron chi connectivity index (χ2n) is 14.8. The maximum Gasteiger partial charge on any atom is 0.192 e. The van der Waals surface area contributed by atoms with E-state index in [-0.39, 0.29) is 46.6 Å². The molecule has 0 radical (unpaired) electrons. The molecular formula is C27H51NO7Si. The highest BCUT2D eigenvalue weighted by molar-refractivity contribution is 6.74. The quantitative estimate of drug-likeness (QED) is 0.441. The van der Waals surface area contributed by atoms with Gasteiger partial charge in [0, 0.05) is 17.2 Å². The average Bonchev–Trinajstić information content (AvgIpc) is 3.12. The number of hydroxylamine groups is 2. The molecule has 5 atom stereocenters. The lowest BCUT2D eigenvalue weighted by Gasteiger charge is -2.55. The molecule has 4 fully saturated rings. The summed E-state index contributed by atoms with van der Waals surface area (Å²) >= 11 is 0. The monoisotopic (exact) mass is 529 g/mol. The Balaban J connectivity index is 1.46. The van der Waals surface area contributed by atoms with Gasteiger partial charge in [-0.25, -0.2) is 0 Å². The third kappa shape index (κ3) is 5.61. The molecule has 9 heteroatoms. The number of piperidine rings is 1. The maximum absolute atomic E-state index is 6.87. The first-order valence-corrected chi connectivity index (χ1v) is 16.5. The fraction of sp³-hybridized carbons (Fsp3) is 1.00. The SMILES string of the molecule is CC1(C)O[C@H]2[C@@H](O1)[C@@H](CON1C(C)(C)CC(O[Si](C)(C)C(C)(C)C)CC1(C)C)O[C@@H]1OC(C)(C)O[C@@H]12. The highest BCUT2D eigenvalue weighted by atomic mass is 28.4. The smallest absolute Gasteiger partial charge is 0.192 e. The van der Waals surface area contributed by atoms with Crippen molar-refractivity contribution in [3.05, 3.63) is 0 Å².